The van der Waals surface area contributed by atoms with E-state index in [0.29, 0.717) is 12.8 Å². The molecule has 0 unspecified atom stereocenters. The van der Waals surface area contributed by atoms with Gasteiger partial charge < -0.3 is 14.3 Å². The average molecular weight is 310 g/mol. The van der Waals surface area contributed by atoms with Crippen LogP contribution in [0.2, 0.25) is 0 Å². The first-order chi connectivity index (χ1) is 11.3. The molecule has 0 saturated carbocycles. The molecule has 6 nitrogen and oxygen atoms in total. The van der Waals surface area contributed by atoms with E-state index in [4.69, 9.17) is 4.42 Å². The average Bonchev–Trinajstić information content (AvgIpc) is 3.24. The van der Waals surface area contributed by atoms with Gasteiger partial charge in [0.15, 0.2) is 5.82 Å². The predicted molar refractivity (Wildman–Crippen MR) is 86.8 cm³/mol. The number of anilines is 1. The van der Waals surface area contributed by atoms with Crippen molar-refractivity contribution in [1.29, 1.82) is 0 Å². The Hall–Kier alpha value is -2.89. The molecule has 3 rings (SSSR count). The summed E-state index contributed by atoms with van der Waals surface area (Å²) < 4.78 is 7.19. The highest BCUT2D eigenvalue weighted by molar-refractivity contribution is 5.91. The second kappa shape index (κ2) is 6.91. The fourth-order valence-electron chi connectivity index (χ4n) is 2.36. The third-order valence-electron chi connectivity index (χ3n) is 3.54. The van der Waals surface area contributed by atoms with Crippen LogP contribution in [0.25, 0.3) is 11.4 Å². The SMILES string of the molecule is CCn1cnnc1-c1cccc(NC(=O)CCc2ccco2)c1. The van der Waals surface area contributed by atoms with Crippen LogP contribution in [-0.2, 0) is 17.8 Å². The van der Waals surface area contributed by atoms with Gasteiger partial charge in [0, 0.05) is 30.6 Å². The Morgan fingerprint density at radius 2 is 2.22 bits per heavy atom. The van der Waals surface area contributed by atoms with Crippen LogP contribution >= 0.6 is 0 Å². The smallest absolute Gasteiger partial charge is 0.224 e. The third-order valence-corrected chi connectivity index (χ3v) is 3.54. The molecular formula is C17H18N4O2. The van der Waals surface area contributed by atoms with Crippen molar-refractivity contribution in [3.63, 3.8) is 0 Å². The lowest BCUT2D eigenvalue weighted by Crippen LogP contribution is -2.12. The second-order valence-electron chi connectivity index (χ2n) is 5.15. The van der Waals surface area contributed by atoms with Crippen molar-refractivity contribution in [3.05, 3.63) is 54.7 Å². The molecule has 118 valence electrons. The Bertz CT molecular complexity index is 778. The Balaban J connectivity index is 1.66. The largest absolute Gasteiger partial charge is 0.469 e. The summed E-state index contributed by atoms with van der Waals surface area (Å²) in [5.74, 6) is 1.56. The zero-order chi connectivity index (χ0) is 16.1. The lowest BCUT2D eigenvalue weighted by atomic mass is 10.1. The first kappa shape index (κ1) is 15.0. The van der Waals surface area contributed by atoms with Crippen molar-refractivity contribution in [1.82, 2.24) is 14.8 Å². The lowest BCUT2D eigenvalue weighted by Gasteiger charge is -2.08. The normalized spacial score (nSPS) is 10.7. The van der Waals surface area contributed by atoms with E-state index in [1.807, 2.05) is 47.9 Å². The van der Waals surface area contributed by atoms with E-state index in [0.717, 1.165) is 29.4 Å². The number of rotatable bonds is 6. The molecule has 0 aliphatic rings. The molecular weight excluding hydrogens is 292 g/mol. The molecule has 0 bridgehead atoms. The van der Waals surface area contributed by atoms with Crippen molar-refractivity contribution in [2.45, 2.75) is 26.3 Å². The topological polar surface area (TPSA) is 73.0 Å². The first-order valence-corrected chi connectivity index (χ1v) is 7.56. The summed E-state index contributed by atoms with van der Waals surface area (Å²) in [5.41, 5.74) is 1.67. The minimum atomic E-state index is -0.0458. The standard InChI is InChI=1S/C17H18N4O2/c1-2-21-12-18-20-17(21)13-5-3-6-14(11-13)19-16(22)9-8-15-7-4-10-23-15/h3-7,10-12H,2,8-9H2,1H3,(H,19,22). The van der Waals surface area contributed by atoms with Crippen LogP contribution in [0.5, 0.6) is 0 Å². The molecule has 0 aliphatic heterocycles. The van der Waals surface area contributed by atoms with Crippen molar-refractivity contribution in [3.8, 4) is 11.4 Å². The molecule has 0 aliphatic carbocycles. The zero-order valence-corrected chi connectivity index (χ0v) is 12.9. The summed E-state index contributed by atoms with van der Waals surface area (Å²) >= 11 is 0. The Morgan fingerprint density at radius 1 is 1.30 bits per heavy atom. The van der Waals surface area contributed by atoms with E-state index < -0.39 is 0 Å². The summed E-state index contributed by atoms with van der Waals surface area (Å²) in [6.45, 7) is 2.83. The summed E-state index contributed by atoms with van der Waals surface area (Å²) in [5, 5.41) is 11.0. The Kier molecular flexibility index (Phi) is 4.52. The quantitative estimate of drug-likeness (QED) is 0.759. The zero-order valence-electron chi connectivity index (χ0n) is 12.9. The van der Waals surface area contributed by atoms with E-state index in [1.165, 1.54) is 0 Å². The highest BCUT2D eigenvalue weighted by Gasteiger charge is 2.09. The monoisotopic (exact) mass is 310 g/mol. The Labute approximate surface area is 134 Å². The maximum Gasteiger partial charge on any atom is 0.224 e. The van der Waals surface area contributed by atoms with Gasteiger partial charge in [-0.1, -0.05) is 12.1 Å². The third kappa shape index (κ3) is 3.66. The van der Waals surface area contributed by atoms with Crippen LogP contribution in [0, 0.1) is 0 Å². The number of benzene rings is 1. The number of carbonyl (C=O) groups excluding carboxylic acids is 1. The number of aryl methyl sites for hydroxylation is 2. The fourth-order valence-corrected chi connectivity index (χ4v) is 2.36. The van der Waals surface area contributed by atoms with Crippen molar-refractivity contribution >= 4 is 11.6 Å². The summed E-state index contributed by atoms with van der Waals surface area (Å²) in [6, 6.07) is 11.3. The molecule has 1 aromatic carbocycles. The highest BCUT2D eigenvalue weighted by atomic mass is 16.3. The van der Waals surface area contributed by atoms with Gasteiger partial charge in [0.2, 0.25) is 5.91 Å². The molecule has 6 heteroatoms. The van der Waals surface area contributed by atoms with Crippen molar-refractivity contribution < 1.29 is 9.21 Å². The molecule has 23 heavy (non-hydrogen) atoms. The van der Waals surface area contributed by atoms with Gasteiger partial charge in [-0.3, -0.25) is 4.79 Å². The summed E-state index contributed by atoms with van der Waals surface area (Å²) in [6.07, 6.45) is 4.27. The number of carbonyl (C=O) groups is 1. The molecule has 0 fully saturated rings. The van der Waals surface area contributed by atoms with Gasteiger partial charge in [0.05, 0.1) is 6.26 Å². The fraction of sp³-hybridized carbons (Fsp3) is 0.235. The summed E-state index contributed by atoms with van der Waals surface area (Å²) in [4.78, 5) is 12.0. The number of nitrogens with one attached hydrogen (secondary N) is 1. The molecule has 0 atom stereocenters. The number of hydrogen-bond donors (Lipinski definition) is 1. The second-order valence-corrected chi connectivity index (χ2v) is 5.15. The molecule has 0 spiro atoms. The van der Waals surface area contributed by atoms with E-state index in [-0.39, 0.29) is 5.91 Å². The number of amides is 1. The molecule has 1 N–H and O–H groups in total. The maximum atomic E-state index is 12.0. The first-order valence-electron chi connectivity index (χ1n) is 7.56. The van der Waals surface area contributed by atoms with Gasteiger partial charge in [0.25, 0.3) is 0 Å². The van der Waals surface area contributed by atoms with E-state index in [2.05, 4.69) is 15.5 Å². The molecule has 2 aromatic heterocycles. The molecule has 3 aromatic rings. The van der Waals surface area contributed by atoms with Gasteiger partial charge in [-0.25, -0.2) is 0 Å². The van der Waals surface area contributed by atoms with Gasteiger partial charge in [-0.2, -0.15) is 0 Å². The van der Waals surface area contributed by atoms with Crippen LogP contribution in [0.4, 0.5) is 5.69 Å². The van der Waals surface area contributed by atoms with Crippen LogP contribution < -0.4 is 5.32 Å². The van der Waals surface area contributed by atoms with Gasteiger partial charge in [0.1, 0.15) is 12.1 Å². The molecule has 1 amide bonds. The van der Waals surface area contributed by atoms with Gasteiger partial charge in [-0.15, -0.1) is 10.2 Å². The van der Waals surface area contributed by atoms with Crippen LogP contribution in [0.1, 0.15) is 19.1 Å². The maximum absolute atomic E-state index is 12.0. The number of hydrogen-bond acceptors (Lipinski definition) is 4. The van der Waals surface area contributed by atoms with Crippen molar-refractivity contribution in [2.75, 3.05) is 5.32 Å². The summed E-state index contributed by atoms with van der Waals surface area (Å²) in [7, 11) is 0. The van der Waals surface area contributed by atoms with Crippen molar-refractivity contribution in [2.24, 2.45) is 0 Å². The van der Waals surface area contributed by atoms with E-state index in [9.17, 15) is 4.79 Å². The molecule has 0 radical (unpaired) electrons. The van der Waals surface area contributed by atoms with Crippen LogP contribution in [0.3, 0.4) is 0 Å². The minimum Gasteiger partial charge on any atom is -0.469 e. The number of aromatic nitrogens is 3. The van der Waals surface area contributed by atoms with E-state index in [1.54, 1.807) is 12.6 Å². The van der Waals surface area contributed by atoms with Crippen LogP contribution in [0.15, 0.2) is 53.4 Å². The molecule has 0 saturated heterocycles. The van der Waals surface area contributed by atoms with Gasteiger partial charge in [-0.05, 0) is 31.2 Å². The minimum absolute atomic E-state index is 0.0458. The van der Waals surface area contributed by atoms with E-state index >= 15 is 0 Å². The van der Waals surface area contributed by atoms with Gasteiger partial charge >= 0.3 is 0 Å². The Morgan fingerprint density at radius 3 is 3.00 bits per heavy atom. The predicted octanol–water partition coefficient (Wildman–Crippen LogP) is 3.13. The number of nitrogens with zero attached hydrogens (tertiary/aromatic N) is 3. The highest BCUT2D eigenvalue weighted by Crippen LogP contribution is 2.21. The van der Waals surface area contributed by atoms with Crippen LogP contribution in [-0.4, -0.2) is 20.7 Å². The molecule has 2 heterocycles. The number of furan rings is 1. The lowest BCUT2D eigenvalue weighted by molar-refractivity contribution is -0.116.